The molecule has 2 saturated carbocycles. The smallest absolute Gasteiger partial charge is 0.228 e. The number of hydrogen-bond acceptors (Lipinski definition) is 3. The predicted molar refractivity (Wildman–Crippen MR) is 75.0 cm³/mol. The van der Waals surface area contributed by atoms with Gasteiger partial charge < -0.3 is 9.84 Å². The summed E-state index contributed by atoms with van der Waals surface area (Å²) < 4.78 is 4.83. The lowest BCUT2D eigenvalue weighted by Crippen LogP contribution is -2.23. The van der Waals surface area contributed by atoms with Crippen molar-refractivity contribution >= 4 is 11.6 Å². The van der Waals surface area contributed by atoms with Crippen LogP contribution in [0.3, 0.4) is 0 Å². The van der Waals surface area contributed by atoms with Gasteiger partial charge in [0.2, 0.25) is 5.91 Å². The molecule has 4 nitrogen and oxygen atoms in total. The number of anilines is 1. The highest BCUT2D eigenvalue weighted by atomic mass is 16.5. The number of nitrogens with zero attached hydrogens (tertiary/aromatic N) is 1. The Morgan fingerprint density at radius 2 is 2.05 bits per heavy atom. The van der Waals surface area contributed by atoms with E-state index in [0.29, 0.717) is 5.41 Å². The van der Waals surface area contributed by atoms with E-state index < -0.39 is 0 Å². The minimum Gasteiger partial charge on any atom is -0.364 e. The first kappa shape index (κ1) is 11.7. The standard InChI is InChI=1S/C16H16N2O2/c19-15(13-10-16(13)7-1-8-16)17-12-4-2-11(3-5-12)14-6-9-20-18-14/h2-6,9,13H,1,7-8,10H2,(H,17,19). The first-order chi connectivity index (χ1) is 9.77. The second kappa shape index (κ2) is 4.20. The van der Waals surface area contributed by atoms with Gasteiger partial charge in [0.1, 0.15) is 12.0 Å². The van der Waals surface area contributed by atoms with Gasteiger partial charge in [-0.1, -0.05) is 23.7 Å². The fourth-order valence-electron chi connectivity index (χ4n) is 3.22. The second-order valence-electron chi connectivity index (χ2n) is 5.92. The van der Waals surface area contributed by atoms with Crippen LogP contribution in [0.1, 0.15) is 25.7 Å². The molecule has 4 rings (SSSR count). The third-order valence-corrected chi connectivity index (χ3v) is 4.74. The van der Waals surface area contributed by atoms with Gasteiger partial charge in [-0.3, -0.25) is 4.79 Å². The van der Waals surface area contributed by atoms with E-state index in [1.807, 2.05) is 30.3 Å². The molecule has 1 aromatic heterocycles. The zero-order chi connectivity index (χ0) is 13.6. The van der Waals surface area contributed by atoms with Gasteiger partial charge in [0.25, 0.3) is 0 Å². The molecule has 2 aliphatic rings. The maximum Gasteiger partial charge on any atom is 0.228 e. The normalized spacial score (nSPS) is 22.3. The predicted octanol–water partition coefficient (Wildman–Crippen LogP) is 3.47. The molecular weight excluding hydrogens is 252 g/mol. The highest BCUT2D eigenvalue weighted by Gasteiger charge is 2.60. The van der Waals surface area contributed by atoms with E-state index in [9.17, 15) is 4.79 Å². The van der Waals surface area contributed by atoms with Crippen LogP contribution < -0.4 is 5.32 Å². The summed E-state index contributed by atoms with van der Waals surface area (Å²) in [5, 5.41) is 6.91. The molecule has 1 amide bonds. The highest BCUT2D eigenvalue weighted by molar-refractivity contribution is 5.95. The lowest BCUT2D eigenvalue weighted by molar-refractivity contribution is -0.118. The molecule has 0 aliphatic heterocycles. The number of nitrogens with one attached hydrogen (secondary N) is 1. The van der Waals surface area contributed by atoms with Crippen LogP contribution in [0.5, 0.6) is 0 Å². The summed E-state index contributed by atoms with van der Waals surface area (Å²) in [6, 6.07) is 9.53. The molecule has 4 heteroatoms. The van der Waals surface area contributed by atoms with Gasteiger partial charge in [-0.25, -0.2) is 0 Å². The number of aromatic nitrogens is 1. The maximum absolute atomic E-state index is 12.2. The third kappa shape index (κ3) is 1.83. The Kier molecular flexibility index (Phi) is 2.46. The van der Waals surface area contributed by atoms with E-state index in [-0.39, 0.29) is 11.8 Å². The summed E-state index contributed by atoms with van der Waals surface area (Å²) in [5.74, 6) is 0.422. The van der Waals surface area contributed by atoms with Crippen molar-refractivity contribution in [3.8, 4) is 11.3 Å². The van der Waals surface area contributed by atoms with E-state index >= 15 is 0 Å². The number of benzene rings is 1. The number of carbonyl (C=O) groups excluding carboxylic acids is 1. The average Bonchev–Trinajstić information content (AvgIpc) is 2.99. The van der Waals surface area contributed by atoms with Crippen LogP contribution in [0.15, 0.2) is 41.1 Å². The van der Waals surface area contributed by atoms with Gasteiger partial charge in [0, 0.05) is 23.2 Å². The number of hydrogen-bond donors (Lipinski definition) is 1. The number of amides is 1. The fourth-order valence-corrected chi connectivity index (χ4v) is 3.22. The SMILES string of the molecule is O=C(Nc1ccc(-c2ccon2)cc1)C1CC12CCC2. The van der Waals surface area contributed by atoms with Gasteiger partial charge >= 0.3 is 0 Å². The van der Waals surface area contributed by atoms with Crippen LogP contribution in [-0.4, -0.2) is 11.1 Å². The van der Waals surface area contributed by atoms with Crippen LogP contribution >= 0.6 is 0 Å². The molecule has 1 atom stereocenters. The minimum absolute atomic E-state index is 0.180. The average molecular weight is 268 g/mol. The number of rotatable bonds is 3. The van der Waals surface area contributed by atoms with Gasteiger partial charge in [0.05, 0.1) is 0 Å². The lowest BCUT2D eigenvalue weighted by atomic mass is 9.79. The molecule has 1 unspecified atom stereocenters. The molecule has 0 saturated heterocycles. The largest absolute Gasteiger partial charge is 0.364 e. The molecule has 2 fully saturated rings. The summed E-state index contributed by atoms with van der Waals surface area (Å²) in [4.78, 5) is 12.2. The van der Waals surface area contributed by atoms with Crippen molar-refractivity contribution in [1.82, 2.24) is 5.16 Å². The summed E-state index contributed by atoms with van der Waals surface area (Å²) in [5.41, 5.74) is 3.02. The Balaban J connectivity index is 1.43. The summed E-state index contributed by atoms with van der Waals surface area (Å²) in [6.07, 6.45) is 6.38. The molecule has 20 heavy (non-hydrogen) atoms. The van der Waals surface area contributed by atoms with Crippen molar-refractivity contribution in [2.45, 2.75) is 25.7 Å². The zero-order valence-corrected chi connectivity index (χ0v) is 11.1. The summed E-state index contributed by atoms with van der Waals surface area (Å²) in [7, 11) is 0. The Labute approximate surface area is 117 Å². The van der Waals surface area contributed by atoms with Gasteiger partial charge in [-0.05, 0) is 36.8 Å². The Bertz CT molecular complexity index is 627. The lowest BCUT2D eigenvalue weighted by Gasteiger charge is -2.26. The Morgan fingerprint density at radius 3 is 2.60 bits per heavy atom. The van der Waals surface area contributed by atoms with E-state index in [1.54, 1.807) is 6.26 Å². The van der Waals surface area contributed by atoms with Crippen molar-refractivity contribution in [3.05, 3.63) is 36.6 Å². The molecule has 2 aliphatic carbocycles. The first-order valence-corrected chi connectivity index (χ1v) is 7.09. The van der Waals surface area contributed by atoms with E-state index in [1.165, 1.54) is 19.3 Å². The van der Waals surface area contributed by atoms with Gasteiger partial charge in [0.15, 0.2) is 0 Å². The van der Waals surface area contributed by atoms with Crippen molar-refractivity contribution in [3.63, 3.8) is 0 Å². The Morgan fingerprint density at radius 1 is 1.25 bits per heavy atom. The molecule has 1 heterocycles. The van der Waals surface area contributed by atoms with Crippen molar-refractivity contribution in [1.29, 1.82) is 0 Å². The zero-order valence-electron chi connectivity index (χ0n) is 11.1. The maximum atomic E-state index is 12.2. The molecule has 0 radical (unpaired) electrons. The third-order valence-electron chi connectivity index (χ3n) is 4.74. The quantitative estimate of drug-likeness (QED) is 0.927. The van der Waals surface area contributed by atoms with Crippen molar-refractivity contribution < 1.29 is 9.32 Å². The number of carbonyl (C=O) groups is 1. The van der Waals surface area contributed by atoms with E-state index in [2.05, 4.69) is 10.5 Å². The van der Waals surface area contributed by atoms with Crippen LogP contribution in [0, 0.1) is 11.3 Å². The molecule has 102 valence electrons. The van der Waals surface area contributed by atoms with Crippen LogP contribution in [0.25, 0.3) is 11.3 Å². The molecular formula is C16H16N2O2. The summed E-state index contributed by atoms with van der Waals surface area (Å²) in [6.45, 7) is 0. The second-order valence-corrected chi connectivity index (χ2v) is 5.92. The van der Waals surface area contributed by atoms with Gasteiger partial charge in [-0.15, -0.1) is 0 Å². The minimum atomic E-state index is 0.180. The van der Waals surface area contributed by atoms with Crippen LogP contribution in [0.4, 0.5) is 5.69 Å². The molecule has 2 aromatic rings. The first-order valence-electron chi connectivity index (χ1n) is 7.09. The summed E-state index contributed by atoms with van der Waals surface area (Å²) >= 11 is 0. The van der Waals surface area contributed by atoms with Crippen LogP contribution in [0.2, 0.25) is 0 Å². The molecule has 1 N–H and O–H groups in total. The molecule has 1 aromatic carbocycles. The monoisotopic (exact) mass is 268 g/mol. The highest BCUT2D eigenvalue weighted by Crippen LogP contribution is 2.65. The fraction of sp³-hybridized carbons (Fsp3) is 0.375. The molecule has 0 bridgehead atoms. The Hall–Kier alpha value is -2.10. The van der Waals surface area contributed by atoms with Crippen molar-refractivity contribution in [2.24, 2.45) is 11.3 Å². The topological polar surface area (TPSA) is 55.1 Å². The van der Waals surface area contributed by atoms with Gasteiger partial charge in [-0.2, -0.15) is 0 Å². The van der Waals surface area contributed by atoms with E-state index in [4.69, 9.17) is 4.52 Å². The van der Waals surface area contributed by atoms with Crippen LogP contribution in [-0.2, 0) is 4.79 Å². The van der Waals surface area contributed by atoms with E-state index in [0.717, 1.165) is 23.4 Å². The molecule has 1 spiro atoms. The van der Waals surface area contributed by atoms with Crippen molar-refractivity contribution in [2.75, 3.05) is 5.32 Å².